The lowest BCUT2D eigenvalue weighted by atomic mass is 10.0. The largest absolute Gasteiger partial charge is 0.497 e. The predicted molar refractivity (Wildman–Crippen MR) is 143 cm³/mol. The Kier molecular flexibility index (Phi) is 10.5. The van der Waals surface area contributed by atoms with Gasteiger partial charge in [-0.05, 0) is 48.4 Å². The lowest BCUT2D eigenvalue weighted by Gasteiger charge is -2.31. The number of hydrogen-bond donors (Lipinski definition) is 1. The van der Waals surface area contributed by atoms with Crippen LogP contribution in [0.25, 0.3) is 0 Å². The molecule has 3 aromatic carbocycles. The number of hydrogen-bond acceptors (Lipinski definition) is 4. The summed E-state index contributed by atoms with van der Waals surface area (Å²) < 4.78 is 10.9. The number of likely N-dealkylation sites (N-methyl/N-ethyl adjacent to an activating group) is 1. The summed E-state index contributed by atoms with van der Waals surface area (Å²) in [6, 6.07) is 21.3. The van der Waals surface area contributed by atoms with Crippen LogP contribution in [0.1, 0.15) is 24.0 Å². The first kappa shape index (κ1) is 27.4. The molecule has 3 rings (SSSR count). The Bertz CT molecular complexity index is 1120. The molecule has 0 saturated carbocycles. The van der Waals surface area contributed by atoms with E-state index in [1.165, 1.54) is 0 Å². The van der Waals surface area contributed by atoms with Crippen molar-refractivity contribution >= 4 is 35.0 Å². The molecule has 0 bridgehead atoms. The Hall–Kier alpha value is -3.22. The molecule has 2 amide bonds. The maximum Gasteiger partial charge on any atom is 0.242 e. The molecule has 6 nitrogen and oxygen atoms in total. The highest BCUT2D eigenvalue weighted by molar-refractivity contribution is 6.36. The second kappa shape index (κ2) is 13.8. The normalized spacial score (nSPS) is 11.4. The molecule has 0 aromatic heterocycles. The van der Waals surface area contributed by atoms with Crippen molar-refractivity contribution in [2.75, 3.05) is 20.8 Å². The van der Waals surface area contributed by atoms with Gasteiger partial charge in [0, 0.05) is 42.0 Å². The van der Waals surface area contributed by atoms with E-state index in [0.717, 1.165) is 11.3 Å². The van der Waals surface area contributed by atoms with Gasteiger partial charge in [-0.15, -0.1) is 0 Å². The van der Waals surface area contributed by atoms with Crippen LogP contribution in [0.3, 0.4) is 0 Å². The minimum absolute atomic E-state index is 0.113. The summed E-state index contributed by atoms with van der Waals surface area (Å²) in [7, 11) is 3.17. The third kappa shape index (κ3) is 7.64. The van der Waals surface area contributed by atoms with E-state index < -0.39 is 6.04 Å². The Morgan fingerprint density at radius 1 is 0.917 bits per heavy atom. The van der Waals surface area contributed by atoms with Gasteiger partial charge in [0.05, 0.1) is 13.7 Å². The molecule has 8 heteroatoms. The van der Waals surface area contributed by atoms with Crippen LogP contribution in [0.2, 0.25) is 10.0 Å². The fraction of sp³-hybridized carbons (Fsp3) is 0.286. The van der Waals surface area contributed by atoms with Crippen molar-refractivity contribution in [2.24, 2.45) is 0 Å². The zero-order valence-corrected chi connectivity index (χ0v) is 21.9. The first-order valence-corrected chi connectivity index (χ1v) is 12.4. The van der Waals surface area contributed by atoms with Gasteiger partial charge in [-0.2, -0.15) is 0 Å². The fourth-order valence-electron chi connectivity index (χ4n) is 3.80. The van der Waals surface area contributed by atoms with E-state index in [1.54, 1.807) is 37.3 Å². The topological polar surface area (TPSA) is 67.9 Å². The predicted octanol–water partition coefficient (Wildman–Crippen LogP) is 5.55. The summed E-state index contributed by atoms with van der Waals surface area (Å²) in [5.74, 6) is 0.985. The van der Waals surface area contributed by atoms with Crippen LogP contribution >= 0.6 is 23.2 Å². The summed E-state index contributed by atoms with van der Waals surface area (Å²) in [6.07, 6.45) is 1.03. The SMILES string of the molecule is CNC(=O)[C@@H](Cc1ccccc1)N(Cc1c(Cl)cccc1Cl)C(=O)CCCOc1ccc(OC)cc1. The van der Waals surface area contributed by atoms with Gasteiger partial charge in [-0.25, -0.2) is 0 Å². The van der Waals surface area contributed by atoms with Crippen molar-refractivity contribution in [3.63, 3.8) is 0 Å². The molecule has 1 atom stereocenters. The molecule has 1 N–H and O–H groups in total. The van der Waals surface area contributed by atoms with E-state index in [-0.39, 0.29) is 24.8 Å². The van der Waals surface area contributed by atoms with Crippen LogP contribution in [-0.4, -0.2) is 43.5 Å². The molecule has 0 heterocycles. The summed E-state index contributed by atoms with van der Waals surface area (Å²) in [6.45, 7) is 0.462. The summed E-state index contributed by atoms with van der Waals surface area (Å²) >= 11 is 12.8. The molecular weight excluding hydrogens is 499 g/mol. The Morgan fingerprint density at radius 2 is 1.56 bits per heavy atom. The smallest absolute Gasteiger partial charge is 0.242 e. The lowest BCUT2D eigenvalue weighted by Crippen LogP contribution is -2.49. The van der Waals surface area contributed by atoms with E-state index in [2.05, 4.69) is 5.32 Å². The molecule has 36 heavy (non-hydrogen) atoms. The van der Waals surface area contributed by atoms with E-state index >= 15 is 0 Å². The summed E-state index contributed by atoms with van der Waals surface area (Å²) in [4.78, 5) is 28.1. The van der Waals surface area contributed by atoms with E-state index in [9.17, 15) is 9.59 Å². The van der Waals surface area contributed by atoms with Crippen molar-refractivity contribution in [3.8, 4) is 11.5 Å². The molecule has 0 spiro atoms. The van der Waals surface area contributed by atoms with Crippen molar-refractivity contribution in [1.29, 1.82) is 0 Å². The Morgan fingerprint density at radius 3 is 2.17 bits per heavy atom. The second-order valence-electron chi connectivity index (χ2n) is 8.17. The molecule has 0 radical (unpaired) electrons. The molecular formula is C28H30Cl2N2O4. The van der Waals surface area contributed by atoms with E-state index in [4.69, 9.17) is 32.7 Å². The number of nitrogens with zero attached hydrogens (tertiary/aromatic N) is 1. The number of carbonyl (C=O) groups is 2. The minimum Gasteiger partial charge on any atom is -0.497 e. The van der Waals surface area contributed by atoms with Gasteiger partial charge in [-0.1, -0.05) is 59.6 Å². The average Bonchev–Trinajstić information content (AvgIpc) is 2.90. The summed E-state index contributed by atoms with van der Waals surface area (Å²) in [5, 5.41) is 3.59. The number of benzene rings is 3. The van der Waals surface area contributed by atoms with Gasteiger partial charge >= 0.3 is 0 Å². The Labute approximate surface area is 222 Å². The zero-order chi connectivity index (χ0) is 25.9. The number of halogens is 2. The van der Waals surface area contributed by atoms with Crippen molar-refractivity contribution in [3.05, 3.63) is 94.0 Å². The van der Waals surface area contributed by atoms with Crippen molar-refractivity contribution < 1.29 is 19.1 Å². The summed E-state index contributed by atoms with van der Waals surface area (Å²) in [5.41, 5.74) is 1.54. The highest BCUT2D eigenvalue weighted by Gasteiger charge is 2.30. The van der Waals surface area contributed by atoms with Crippen molar-refractivity contribution in [1.82, 2.24) is 10.2 Å². The third-order valence-corrected chi connectivity index (χ3v) is 6.48. The van der Waals surface area contributed by atoms with Gasteiger partial charge in [0.1, 0.15) is 17.5 Å². The van der Waals surface area contributed by atoms with Crippen LogP contribution in [0, 0.1) is 0 Å². The van der Waals surface area contributed by atoms with Crippen LogP contribution in [0.5, 0.6) is 11.5 Å². The number of methoxy groups -OCH3 is 1. The average molecular weight is 529 g/mol. The highest BCUT2D eigenvalue weighted by Crippen LogP contribution is 2.27. The molecule has 0 unspecified atom stereocenters. The lowest BCUT2D eigenvalue weighted by molar-refractivity contribution is -0.141. The second-order valence-corrected chi connectivity index (χ2v) is 8.98. The first-order chi connectivity index (χ1) is 17.4. The Balaban J connectivity index is 1.77. The van der Waals surface area contributed by atoms with Gasteiger partial charge in [0.25, 0.3) is 0 Å². The highest BCUT2D eigenvalue weighted by atomic mass is 35.5. The van der Waals surface area contributed by atoms with Gasteiger partial charge in [0.15, 0.2) is 0 Å². The van der Waals surface area contributed by atoms with Crippen LogP contribution in [0.4, 0.5) is 0 Å². The molecule has 3 aromatic rings. The number of ether oxygens (including phenoxy) is 2. The minimum atomic E-state index is -0.736. The fourth-order valence-corrected chi connectivity index (χ4v) is 4.32. The monoisotopic (exact) mass is 528 g/mol. The first-order valence-electron chi connectivity index (χ1n) is 11.7. The van der Waals surface area contributed by atoms with Crippen LogP contribution in [0.15, 0.2) is 72.8 Å². The number of carbonyl (C=O) groups excluding carboxylic acids is 2. The van der Waals surface area contributed by atoms with Gasteiger partial charge in [0.2, 0.25) is 11.8 Å². The zero-order valence-electron chi connectivity index (χ0n) is 20.4. The van der Waals surface area contributed by atoms with Gasteiger partial charge < -0.3 is 19.7 Å². The van der Waals surface area contributed by atoms with Crippen LogP contribution < -0.4 is 14.8 Å². The maximum atomic E-state index is 13.5. The van der Waals surface area contributed by atoms with Crippen molar-refractivity contribution in [2.45, 2.75) is 31.8 Å². The molecule has 0 fully saturated rings. The molecule has 190 valence electrons. The van der Waals surface area contributed by atoms with E-state index in [1.807, 2.05) is 54.6 Å². The molecule has 0 saturated heterocycles. The maximum absolute atomic E-state index is 13.5. The molecule has 0 aliphatic rings. The number of nitrogens with one attached hydrogen (secondary N) is 1. The quantitative estimate of drug-likeness (QED) is 0.313. The number of amides is 2. The van der Waals surface area contributed by atoms with Crippen LogP contribution in [-0.2, 0) is 22.6 Å². The standard InChI is InChI=1S/C28H30Cl2N2O4/c1-31-28(34)26(18-20-8-4-3-5-9-20)32(19-23-24(29)10-6-11-25(23)30)27(33)12-7-17-36-22-15-13-21(35-2)14-16-22/h3-6,8-11,13-16,26H,7,12,17-19H2,1-2H3,(H,31,34)/t26-/m1/s1. The van der Waals surface area contributed by atoms with E-state index in [0.29, 0.717) is 40.8 Å². The number of rotatable bonds is 12. The third-order valence-electron chi connectivity index (χ3n) is 5.77. The molecule has 0 aliphatic carbocycles. The molecule has 0 aliphatic heterocycles. The van der Waals surface area contributed by atoms with Gasteiger partial charge in [-0.3, -0.25) is 9.59 Å².